The van der Waals surface area contributed by atoms with Gasteiger partial charge < -0.3 is 150 Å². The first kappa shape index (κ1) is 118. The van der Waals surface area contributed by atoms with Gasteiger partial charge in [0.15, 0.2) is 5.96 Å². The van der Waals surface area contributed by atoms with E-state index in [1.807, 2.05) is 6.26 Å². The third-order valence-corrected chi connectivity index (χ3v) is 21.9. The Morgan fingerprint density at radius 1 is 0.388 bits per heavy atom. The van der Waals surface area contributed by atoms with E-state index < -0.39 is 247 Å². The van der Waals surface area contributed by atoms with Gasteiger partial charge in [0.2, 0.25) is 94.5 Å². The summed E-state index contributed by atoms with van der Waals surface area (Å²) < 4.78 is 0. The number of benzene rings is 2. The zero-order valence-electron chi connectivity index (χ0n) is 77.1. The Hall–Kier alpha value is -11.8. The number of aliphatic hydroxyl groups excluding tert-OH is 2. The fourth-order valence-corrected chi connectivity index (χ4v) is 14.2. The Morgan fingerprint density at radius 3 is 1.15 bits per heavy atom. The second-order valence-corrected chi connectivity index (χ2v) is 35.1. The number of primary amides is 1. The number of thioether (sulfide) groups is 2. The molecule has 2 rings (SSSR count). The number of carbonyl (C=O) groups is 18. The summed E-state index contributed by atoms with van der Waals surface area (Å²) in [4.78, 5) is 250. The molecule has 35 N–H and O–H groups in total. The van der Waals surface area contributed by atoms with E-state index in [0.29, 0.717) is 36.1 Å². The number of carboxylic acids is 2. The maximum absolute atomic E-state index is 14.8. The minimum atomic E-state index is -2.09. The third kappa shape index (κ3) is 47.2. The van der Waals surface area contributed by atoms with Crippen molar-refractivity contribution in [1.29, 1.82) is 5.41 Å². The summed E-state index contributed by atoms with van der Waals surface area (Å²) in [6, 6.07) is -12.8. The summed E-state index contributed by atoms with van der Waals surface area (Å²) in [5.74, 6) is -20.0. The number of aromatic hydroxyl groups is 2. The molecule has 0 aliphatic carbocycles. The van der Waals surface area contributed by atoms with E-state index in [1.54, 1.807) is 34.0 Å². The summed E-state index contributed by atoms with van der Waals surface area (Å²) in [5, 5.41) is 109. The van der Waals surface area contributed by atoms with E-state index in [4.69, 9.17) is 39.8 Å². The van der Waals surface area contributed by atoms with Crippen molar-refractivity contribution in [2.75, 3.05) is 63.3 Å². The first-order valence-electron chi connectivity index (χ1n) is 44.3. The van der Waals surface area contributed by atoms with Crippen molar-refractivity contribution < 1.29 is 117 Å². The van der Waals surface area contributed by atoms with Crippen LogP contribution in [0, 0.1) is 17.2 Å². The smallest absolute Gasteiger partial charge is 0.326 e. The Morgan fingerprint density at radius 2 is 0.739 bits per heavy atom. The van der Waals surface area contributed by atoms with Crippen LogP contribution in [0.2, 0.25) is 0 Å². The second-order valence-electron chi connectivity index (χ2n) is 33.1. The maximum Gasteiger partial charge on any atom is 0.326 e. The fraction of sp³-hybridized carbons (Fsp3) is 0.635. The first-order chi connectivity index (χ1) is 63.3. The molecular weight excluding hydrogens is 1790 g/mol. The number of nitrogens with one attached hydrogen (secondary N) is 17. The average molecular weight is 1930 g/mol. The lowest BCUT2D eigenvalue weighted by molar-refractivity contribution is -0.143. The lowest BCUT2D eigenvalue weighted by atomic mass is 10.0. The molecule has 0 aliphatic rings. The minimum absolute atomic E-state index is 0.0256. The van der Waals surface area contributed by atoms with Crippen molar-refractivity contribution in [2.45, 2.75) is 267 Å². The topological polar surface area (TPSA) is 801 Å². The molecule has 0 saturated heterocycles. The van der Waals surface area contributed by atoms with Crippen LogP contribution in [-0.4, -0.2) is 303 Å². The number of amides is 16. The van der Waals surface area contributed by atoms with Crippen molar-refractivity contribution >= 4 is 136 Å². The van der Waals surface area contributed by atoms with Crippen LogP contribution in [-0.2, 0) is 99.1 Å². The zero-order chi connectivity index (χ0) is 101. The number of carbonyl (C=O) groups excluding carboxylic acids is 16. The van der Waals surface area contributed by atoms with Crippen LogP contribution in [0.25, 0.3) is 0 Å². The van der Waals surface area contributed by atoms with Gasteiger partial charge in [-0.3, -0.25) is 86.9 Å². The van der Waals surface area contributed by atoms with Gasteiger partial charge in [0.1, 0.15) is 96.1 Å². The Kier molecular flexibility index (Phi) is 56.7. The number of nitrogens with two attached hydrogens (primary N) is 6. The van der Waals surface area contributed by atoms with Gasteiger partial charge in [-0.2, -0.15) is 23.5 Å². The quantitative estimate of drug-likeness (QED) is 0.0166. The van der Waals surface area contributed by atoms with Crippen molar-refractivity contribution in [1.82, 2.24) is 85.1 Å². The molecule has 16 atom stereocenters. The second kappa shape index (κ2) is 64.2. The minimum Gasteiger partial charge on any atom is -0.508 e. The van der Waals surface area contributed by atoms with Crippen molar-refractivity contribution in [3.8, 4) is 11.5 Å². The maximum atomic E-state index is 14.8. The largest absolute Gasteiger partial charge is 0.508 e. The van der Waals surface area contributed by atoms with Gasteiger partial charge >= 0.3 is 11.9 Å². The molecule has 0 saturated carbocycles. The van der Waals surface area contributed by atoms with E-state index in [1.165, 1.54) is 79.0 Å². The summed E-state index contributed by atoms with van der Waals surface area (Å²) in [6.45, 7) is 7.68. The molecule has 0 fully saturated rings. The summed E-state index contributed by atoms with van der Waals surface area (Å²) in [6.07, 6.45) is -0.384. The van der Waals surface area contributed by atoms with Crippen LogP contribution < -0.4 is 119 Å². The zero-order valence-corrected chi connectivity index (χ0v) is 78.8. The lowest BCUT2D eigenvalue weighted by Crippen LogP contribution is -2.62. The van der Waals surface area contributed by atoms with Gasteiger partial charge in [0, 0.05) is 25.8 Å². The summed E-state index contributed by atoms with van der Waals surface area (Å²) in [5.41, 5.74) is 35.3. The van der Waals surface area contributed by atoms with Gasteiger partial charge in [-0.05, 0) is 207 Å². The van der Waals surface area contributed by atoms with Gasteiger partial charge in [-0.1, -0.05) is 52.0 Å². The number of guanidine groups is 1. The molecule has 0 aliphatic heterocycles. The number of aliphatic carboxylic acids is 2. The molecule has 47 nitrogen and oxygen atoms in total. The Labute approximate surface area is 787 Å². The van der Waals surface area contributed by atoms with Gasteiger partial charge in [-0.25, -0.2) is 4.79 Å². The Bertz CT molecular complexity index is 4160. The first-order valence-corrected chi connectivity index (χ1v) is 47.1. The van der Waals surface area contributed by atoms with Crippen molar-refractivity contribution in [2.24, 2.45) is 46.2 Å². The van der Waals surface area contributed by atoms with Crippen LogP contribution in [0.3, 0.4) is 0 Å². The molecule has 0 aromatic heterocycles. The molecule has 0 unspecified atom stereocenters. The molecule has 0 spiro atoms. The van der Waals surface area contributed by atoms with Gasteiger partial charge in [0.05, 0.1) is 31.7 Å². The third-order valence-electron chi connectivity index (χ3n) is 20.6. The highest BCUT2D eigenvalue weighted by molar-refractivity contribution is 7.98. The molecule has 0 heterocycles. The standard InChI is InChI=1S/C85H141N23O24S2/c1-45(2)38-60(103-73(120)55(17-10-13-33-87)97-72(119)54(16-9-12-32-86)98-76(123)58(28-29-66(90)113)101-80(127)61(40-49-20-24-51(111)25-21-49)96-67(114)43-94-71(118)53(89)30-36-133-7)79(126)100-57(19-15-35-93-85(91)92)75(122)107-65(44-109)82(129)102-59(31-37-134-8)77(124)108-69(48(6)110)83(130)105-63(42-68(115)116)81(128)99-56(18-11-14-34-88)74(121)104-62(41-50-22-26-52(112)27-23-50)78(125)95-47(5)70(117)106-64(84(131)132)39-46(3)4/h20-27,45-48,53-65,69,109-112H,9-19,28-44,86-89H2,1-8H3,(H2,90,113)(H,94,118)(H,95,125)(H,96,114)(H,97,119)(H,98,123)(H,99,128)(H,100,126)(H,101,127)(H,102,129)(H,103,120)(H,104,121)(H,105,130)(H,106,117)(H,107,122)(H,108,124)(H,115,116)(H,131,132)(H4,91,92,93)/t47-,48+,53-,54-,55-,56-,57-,58-,59-,60-,61-,62-,63-,64-,65-,69-/m0/s1. The number of unbranched alkanes of at least 4 members (excludes halogenated alkanes) is 3. The lowest BCUT2D eigenvalue weighted by Gasteiger charge is -2.29. The molecule has 16 amide bonds. The Balaban J connectivity index is 2.56. The van der Waals surface area contributed by atoms with E-state index >= 15 is 0 Å². The number of rotatable bonds is 68. The fourth-order valence-electron chi connectivity index (χ4n) is 13.2. The number of hydrogen-bond acceptors (Lipinski definition) is 29. The highest BCUT2D eigenvalue weighted by Crippen LogP contribution is 2.18. The van der Waals surface area contributed by atoms with Crippen LogP contribution in [0.4, 0.5) is 0 Å². The van der Waals surface area contributed by atoms with Crippen LogP contribution in [0.15, 0.2) is 48.5 Å². The average Bonchev–Trinajstić information content (AvgIpc) is 0.850. The number of phenols is 2. The molecule has 49 heteroatoms. The monoisotopic (exact) mass is 1930 g/mol. The molecule has 2 aromatic carbocycles. The molecule has 0 bridgehead atoms. The molecule has 752 valence electrons. The summed E-state index contributed by atoms with van der Waals surface area (Å²) in [7, 11) is 0. The van der Waals surface area contributed by atoms with E-state index in [-0.39, 0.29) is 139 Å². The highest BCUT2D eigenvalue weighted by Gasteiger charge is 2.40. The molecule has 2 aromatic rings. The molecule has 134 heavy (non-hydrogen) atoms. The predicted molar refractivity (Wildman–Crippen MR) is 497 cm³/mol. The summed E-state index contributed by atoms with van der Waals surface area (Å²) >= 11 is 2.63. The van der Waals surface area contributed by atoms with Crippen LogP contribution >= 0.6 is 23.5 Å². The molecule has 0 radical (unpaired) electrons. The van der Waals surface area contributed by atoms with Crippen molar-refractivity contribution in [3.05, 3.63) is 59.7 Å². The SMILES string of the molecule is CSCC[C@H](NC(=O)[C@H](CO)NC(=O)[C@H](CCCNC(=N)N)NC(=O)[C@H](CC(C)C)NC(=O)[C@H](CCCCN)NC(=O)[C@H](CCCCN)NC(=O)[C@H](CCC(N)=O)NC(=O)[C@H](Cc1ccc(O)cc1)NC(=O)CNC(=O)[C@@H](N)CCSC)C(=O)N[C@H](C(=O)N[C@@H](CC(=O)O)C(=O)N[C@@H](CCCCN)C(=O)N[C@@H](Cc1ccc(O)cc1)C(=O)N[C@@H](C)C(=O)N[C@@H](CC(C)C)C(=O)O)[C@@H](C)O. The predicted octanol–water partition coefficient (Wildman–Crippen LogP) is -6.42. The van der Waals surface area contributed by atoms with E-state index in [0.717, 1.165) is 6.92 Å². The van der Waals surface area contributed by atoms with Gasteiger partial charge in [0.25, 0.3) is 0 Å². The van der Waals surface area contributed by atoms with E-state index in [9.17, 15) is 117 Å². The highest BCUT2D eigenvalue weighted by atomic mass is 32.2. The molecular formula is C85H141N23O24S2. The van der Waals surface area contributed by atoms with Crippen LogP contribution in [0.1, 0.15) is 168 Å². The number of hydrogen-bond donors (Lipinski definition) is 29. The number of aliphatic hydroxyl groups is 2. The van der Waals surface area contributed by atoms with Gasteiger partial charge in [-0.15, -0.1) is 0 Å². The van der Waals surface area contributed by atoms with Crippen LogP contribution in [0.5, 0.6) is 11.5 Å². The normalized spacial score (nSPS) is 14.7. The number of carboxylic acid groups (broad SMARTS) is 2. The van der Waals surface area contributed by atoms with Crippen molar-refractivity contribution in [3.63, 3.8) is 0 Å². The number of phenolic OH excluding ortho intramolecular Hbond substituents is 2. The van der Waals surface area contributed by atoms with E-state index in [2.05, 4.69) is 85.1 Å².